The SMILES string of the molecule is Oc1ccc(CCN2CC2)cc1O. The number of phenolic OH excluding ortho intramolecular Hbond substituents is 2. The highest BCUT2D eigenvalue weighted by Gasteiger charge is 2.16. The van der Waals surface area contributed by atoms with E-state index in [0.29, 0.717) is 0 Å². The number of rotatable bonds is 3. The summed E-state index contributed by atoms with van der Waals surface area (Å²) in [6, 6.07) is 5.00. The molecule has 0 saturated carbocycles. The summed E-state index contributed by atoms with van der Waals surface area (Å²) in [4.78, 5) is 2.32. The minimum absolute atomic E-state index is 0.0247. The van der Waals surface area contributed by atoms with Crippen LogP contribution >= 0.6 is 0 Å². The number of aromatic hydroxyl groups is 2. The molecule has 70 valence electrons. The van der Waals surface area contributed by atoms with E-state index in [1.807, 2.05) is 6.07 Å². The maximum atomic E-state index is 9.22. The van der Waals surface area contributed by atoms with Gasteiger partial charge in [-0.1, -0.05) is 6.07 Å². The standard InChI is InChI=1S/C10H13NO2/c12-9-2-1-8(7-10(9)13)3-4-11-5-6-11/h1-2,7,12-13H,3-6H2. The largest absolute Gasteiger partial charge is 0.504 e. The molecule has 1 heterocycles. The third kappa shape index (κ3) is 2.12. The van der Waals surface area contributed by atoms with E-state index in [9.17, 15) is 5.11 Å². The molecule has 2 rings (SSSR count). The molecule has 0 atom stereocenters. The lowest BCUT2D eigenvalue weighted by Crippen LogP contribution is -2.02. The molecule has 3 heteroatoms. The summed E-state index contributed by atoms with van der Waals surface area (Å²) in [6.07, 6.45) is 0.938. The van der Waals surface area contributed by atoms with Gasteiger partial charge in [-0.25, -0.2) is 0 Å². The first-order chi connectivity index (χ1) is 6.25. The average Bonchev–Trinajstić information content (AvgIpc) is 2.91. The summed E-state index contributed by atoms with van der Waals surface area (Å²) in [5.41, 5.74) is 1.07. The van der Waals surface area contributed by atoms with Gasteiger partial charge in [0.1, 0.15) is 0 Å². The van der Waals surface area contributed by atoms with Crippen molar-refractivity contribution in [2.75, 3.05) is 19.6 Å². The zero-order valence-corrected chi connectivity index (χ0v) is 7.40. The molecule has 3 nitrogen and oxygen atoms in total. The zero-order chi connectivity index (χ0) is 9.26. The molecule has 0 unspecified atom stereocenters. The second-order valence-corrected chi connectivity index (χ2v) is 3.41. The van der Waals surface area contributed by atoms with Gasteiger partial charge in [-0.2, -0.15) is 0 Å². The third-order valence-corrected chi connectivity index (χ3v) is 2.30. The van der Waals surface area contributed by atoms with E-state index in [-0.39, 0.29) is 11.5 Å². The van der Waals surface area contributed by atoms with Gasteiger partial charge in [0.05, 0.1) is 0 Å². The van der Waals surface area contributed by atoms with Crippen molar-refractivity contribution in [2.24, 2.45) is 0 Å². The first-order valence-electron chi connectivity index (χ1n) is 4.49. The summed E-state index contributed by atoms with van der Waals surface area (Å²) in [5.74, 6) is -0.0706. The summed E-state index contributed by atoms with van der Waals surface area (Å²) >= 11 is 0. The van der Waals surface area contributed by atoms with Crippen LogP contribution in [0.4, 0.5) is 0 Å². The summed E-state index contributed by atoms with van der Waals surface area (Å²) < 4.78 is 0. The maximum absolute atomic E-state index is 9.22. The van der Waals surface area contributed by atoms with Crippen LogP contribution in [0.15, 0.2) is 18.2 Å². The highest BCUT2D eigenvalue weighted by Crippen LogP contribution is 2.25. The Bertz CT molecular complexity index is 308. The van der Waals surface area contributed by atoms with Crippen molar-refractivity contribution in [3.63, 3.8) is 0 Å². The molecule has 0 spiro atoms. The Balaban J connectivity index is 1.98. The Morgan fingerprint density at radius 1 is 1.15 bits per heavy atom. The van der Waals surface area contributed by atoms with Gasteiger partial charge in [-0.3, -0.25) is 0 Å². The van der Waals surface area contributed by atoms with Crippen LogP contribution < -0.4 is 0 Å². The smallest absolute Gasteiger partial charge is 0.157 e. The third-order valence-electron chi connectivity index (χ3n) is 2.30. The van der Waals surface area contributed by atoms with Crippen molar-refractivity contribution in [3.05, 3.63) is 23.8 Å². The molecule has 0 bridgehead atoms. The van der Waals surface area contributed by atoms with Crippen LogP contribution in [0.3, 0.4) is 0 Å². The molecule has 0 aromatic heterocycles. The molecule has 1 fully saturated rings. The molecule has 1 aliphatic heterocycles. The van der Waals surface area contributed by atoms with Crippen LogP contribution in [0.5, 0.6) is 11.5 Å². The van der Waals surface area contributed by atoms with Crippen LogP contribution in [-0.2, 0) is 6.42 Å². The molecule has 13 heavy (non-hydrogen) atoms. The van der Waals surface area contributed by atoms with E-state index in [1.54, 1.807) is 6.07 Å². The number of hydrogen-bond donors (Lipinski definition) is 2. The Hall–Kier alpha value is -1.22. The number of benzene rings is 1. The second-order valence-electron chi connectivity index (χ2n) is 3.41. The highest BCUT2D eigenvalue weighted by molar-refractivity contribution is 5.40. The number of hydrogen-bond acceptors (Lipinski definition) is 3. The van der Waals surface area contributed by atoms with Crippen molar-refractivity contribution in [2.45, 2.75) is 6.42 Å². The van der Waals surface area contributed by atoms with Crippen LogP contribution in [0.25, 0.3) is 0 Å². The molecular weight excluding hydrogens is 166 g/mol. The summed E-state index contributed by atoms with van der Waals surface area (Å²) in [5, 5.41) is 18.3. The highest BCUT2D eigenvalue weighted by atomic mass is 16.3. The molecule has 0 aliphatic carbocycles. The van der Waals surface area contributed by atoms with E-state index >= 15 is 0 Å². The molecule has 2 N–H and O–H groups in total. The van der Waals surface area contributed by atoms with E-state index in [2.05, 4.69) is 4.90 Å². The molecule has 0 amide bonds. The monoisotopic (exact) mass is 179 g/mol. The van der Waals surface area contributed by atoms with E-state index in [4.69, 9.17) is 5.11 Å². The lowest BCUT2D eigenvalue weighted by Gasteiger charge is -2.03. The molecular formula is C10H13NO2. The van der Waals surface area contributed by atoms with Gasteiger partial charge in [0, 0.05) is 19.6 Å². The second kappa shape index (κ2) is 3.26. The Labute approximate surface area is 77.2 Å². The molecule has 1 aliphatic rings. The maximum Gasteiger partial charge on any atom is 0.157 e. The molecule has 0 radical (unpaired) electrons. The Kier molecular flexibility index (Phi) is 2.10. The minimum Gasteiger partial charge on any atom is -0.504 e. The van der Waals surface area contributed by atoms with Crippen molar-refractivity contribution in [3.8, 4) is 11.5 Å². The zero-order valence-electron chi connectivity index (χ0n) is 7.40. The van der Waals surface area contributed by atoms with Gasteiger partial charge in [0.2, 0.25) is 0 Å². The van der Waals surface area contributed by atoms with Crippen LogP contribution in [0.2, 0.25) is 0 Å². The Morgan fingerprint density at radius 3 is 2.54 bits per heavy atom. The van der Waals surface area contributed by atoms with Gasteiger partial charge < -0.3 is 15.1 Å². The lowest BCUT2D eigenvalue weighted by atomic mass is 10.1. The van der Waals surface area contributed by atoms with E-state index in [1.165, 1.54) is 19.2 Å². The quantitative estimate of drug-likeness (QED) is 0.536. The normalized spacial score (nSPS) is 16.0. The first-order valence-corrected chi connectivity index (χ1v) is 4.49. The predicted octanol–water partition coefficient (Wildman–Crippen LogP) is 0.956. The van der Waals surface area contributed by atoms with Gasteiger partial charge in [0.25, 0.3) is 0 Å². The average molecular weight is 179 g/mol. The fourth-order valence-corrected chi connectivity index (χ4v) is 1.31. The van der Waals surface area contributed by atoms with Crippen molar-refractivity contribution in [1.29, 1.82) is 0 Å². The Morgan fingerprint density at radius 2 is 1.92 bits per heavy atom. The van der Waals surface area contributed by atoms with Gasteiger partial charge in [0.15, 0.2) is 11.5 Å². The van der Waals surface area contributed by atoms with E-state index < -0.39 is 0 Å². The van der Waals surface area contributed by atoms with Crippen LogP contribution in [0, 0.1) is 0 Å². The number of nitrogens with zero attached hydrogens (tertiary/aromatic N) is 1. The van der Waals surface area contributed by atoms with Gasteiger partial charge in [-0.15, -0.1) is 0 Å². The van der Waals surface area contributed by atoms with E-state index in [0.717, 1.165) is 18.5 Å². The number of phenols is 2. The van der Waals surface area contributed by atoms with Gasteiger partial charge >= 0.3 is 0 Å². The topological polar surface area (TPSA) is 43.5 Å². The van der Waals surface area contributed by atoms with Crippen molar-refractivity contribution < 1.29 is 10.2 Å². The van der Waals surface area contributed by atoms with Gasteiger partial charge in [-0.05, 0) is 24.1 Å². The fourth-order valence-electron chi connectivity index (χ4n) is 1.31. The molecule has 1 aromatic carbocycles. The first kappa shape index (κ1) is 8.38. The molecule has 1 saturated heterocycles. The van der Waals surface area contributed by atoms with Crippen molar-refractivity contribution in [1.82, 2.24) is 4.90 Å². The molecule has 1 aromatic rings. The predicted molar refractivity (Wildman–Crippen MR) is 49.9 cm³/mol. The summed E-state index contributed by atoms with van der Waals surface area (Å²) in [6.45, 7) is 3.44. The fraction of sp³-hybridized carbons (Fsp3) is 0.400. The van der Waals surface area contributed by atoms with Crippen molar-refractivity contribution >= 4 is 0 Å². The minimum atomic E-state index is -0.0459. The van der Waals surface area contributed by atoms with Crippen LogP contribution in [0.1, 0.15) is 5.56 Å². The lowest BCUT2D eigenvalue weighted by molar-refractivity contribution is 0.403. The summed E-state index contributed by atoms with van der Waals surface area (Å²) in [7, 11) is 0. The van der Waals surface area contributed by atoms with Crippen LogP contribution in [-0.4, -0.2) is 34.7 Å².